The lowest BCUT2D eigenvalue weighted by Gasteiger charge is -2.01. The lowest BCUT2D eigenvalue weighted by atomic mass is 10.2. The molecule has 4 N–H and O–H groups in total. The minimum Gasteiger partial charge on any atom is -0.382 e. The molecule has 5 nitrogen and oxygen atoms in total. The van der Waals surface area contributed by atoms with Gasteiger partial charge in [0, 0.05) is 5.75 Å². The van der Waals surface area contributed by atoms with Gasteiger partial charge in [-0.1, -0.05) is 19.1 Å². The first-order valence-electron chi connectivity index (χ1n) is 6.65. The zero-order chi connectivity index (χ0) is 13.9. The van der Waals surface area contributed by atoms with Crippen molar-refractivity contribution in [3.8, 4) is 11.4 Å². The average molecular weight is 287 g/mol. The fourth-order valence-electron chi connectivity index (χ4n) is 2.15. The number of imidazole rings is 1. The molecule has 20 heavy (non-hydrogen) atoms. The summed E-state index contributed by atoms with van der Waals surface area (Å²) >= 11 is 1.87. The number of para-hydroxylation sites is 2. The summed E-state index contributed by atoms with van der Waals surface area (Å²) in [6, 6.07) is 7.95. The van der Waals surface area contributed by atoms with Gasteiger partial charge in [0.1, 0.15) is 5.82 Å². The van der Waals surface area contributed by atoms with Gasteiger partial charge < -0.3 is 10.7 Å². The van der Waals surface area contributed by atoms with E-state index in [9.17, 15) is 0 Å². The molecule has 2 heterocycles. The van der Waals surface area contributed by atoms with Crippen molar-refractivity contribution >= 4 is 28.6 Å². The lowest BCUT2D eigenvalue weighted by Crippen LogP contribution is -1.92. The summed E-state index contributed by atoms with van der Waals surface area (Å²) in [7, 11) is 0. The van der Waals surface area contributed by atoms with Crippen LogP contribution in [0.15, 0.2) is 24.3 Å². The molecule has 6 heteroatoms. The van der Waals surface area contributed by atoms with E-state index in [1.165, 1.54) is 0 Å². The highest BCUT2D eigenvalue weighted by Crippen LogP contribution is 2.29. The Hall–Kier alpha value is -1.95. The third kappa shape index (κ3) is 2.38. The third-order valence-electron chi connectivity index (χ3n) is 3.09. The number of hydrogen-bond acceptors (Lipinski definition) is 4. The van der Waals surface area contributed by atoms with Gasteiger partial charge in [-0.2, -0.15) is 16.9 Å². The Bertz CT molecular complexity index is 682. The van der Waals surface area contributed by atoms with Crippen LogP contribution in [-0.4, -0.2) is 25.9 Å². The summed E-state index contributed by atoms with van der Waals surface area (Å²) in [5.74, 6) is 3.27. The van der Waals surface area contributed by atoms with Crippen molar-refractivity contribution in [1.82, 2.24) is 20.2 Å². The number of nitrogens with two attached hydrogens (primary N) is 1. The van der Waals surface area contributed by atoms with E-state index in [2.05, 4.69) is 27.1 Å². The quantitative estimate of drug-likeness (QED) is 0.629. The van der Waals surface area contributed by atoms with Crippen molar-refractivity contribution in [2.24, 2.45) is 0 Å². The maximum atomic E-state index is 5.99. The van der Waals surface area contributed by atoms with Gasteiger partial charge >= 0.3 is 0 Å². The van der Waals surface area contributed by atoms with Crippen molar-refractivity contribution in [1.29, 1.82) is 0 Å². The van der Waals surface area contributed by atoms with E-state index in [0.29, 0.717) is 5.82 Å². The number of nitrogens with one attached hydrogen (secondary N) is 2. The largest absolute Gasteiger partial charge is 0.382 e. The second-order valence-corrected chi connectivity index (χ2v) is 5.72. The first-order chi connectivity index (χ1) is 9.79. The standard InChI is InChI=1S/C14H17N5S/c1-2-7-20-8-11-12(13(15)19-18-11)14-16-9-5-3-4-6-10(9)17-14/h3-6H,2,7-8H2,1H3,(H,16,17)(H3,15,18,19). The number of nitrogen functional groups attached to an aromatic ring is 1. The SMILES string of the molecule is CCCSCc1[nH]nc(N)c1-c1nc2ccccc2[nH]1. The number of H-pyrrole nitrogens is 2. The second-order valence-electron chi connectivity index (χ2n) is 4.62. The van der Waals surface area contributed by atoms with Crippen molar-refractivity contribution in [3.63, 3.8) is 0 Å². The first-order valence-corrected chi connectivity index (χ1v) is 7.80. The number of nitrogens with zero attached hydrogens (tertiary/aromatic N) is 2. The number of rotatable bonds is 5. The normalized spacial score (nSPS) is 11.2. The van der Waals surface area contributed by atoms with Crippen LogP contribution in [0.25, 0.3) is 22.4 Å². The second kappa shape index (κ2) is 5.58. The highest BCUT2D eigenvalue weighted by Gasteiger charge is 2.16. The summed E-state index contributed by atoms with van der Waals surface area (Å²) in [5, 5.41) is 7.14. The molecule has 0 unspecified atom stereocenters. The minimum absolute atomic E-state index is 0.496. The Morgan fingerprint density at radius 3 is 2.95 bits per heavy atom. The molecule has 1 aromatic carbocycles. The maximum Gasteiger partial charge on any atom is 0.156 e. The Kier molecular flexibility index (Phi) is 3.64. The third-order valence-corrected chi connectivity index (χ3v) is 4.28. The Balaban J connectivity index is 1.98. The van der Waals surface area contributed by atoms with Gasteiger partial charge in [-0.15, -0.1) is 0 Å². The molecule has 3 rings (SSSR count). The van der Waals surface area contributed by atoms with Gasteiger partial charge in [-0.05, 0) is 24.3 Å². The molecule has 3 aromatic rings. The van der Waals surface area contributed by atoms with Crippen LogP contribution < -0.4 is 5.73 Å². The van der Waals surface area contributed by atoms with Crippen molar-refractivity contribution in [3.05, 3.63) is 30.0 Å². The Labute approximate surface area is 121 Å². The molecule has 0 aliphatic carbocycles. The van der Waals surface area contributed by atoms with E-state index >= 15 is 0 Å². The first kappa shape index (κ1) is 13.1. The molecule has 0 atom stereocenters. The summed E-state index contributed by atoms with van der Waals surface area (Å²) < 4.78 is 0. The zero-order valence-corrected chi connectivity index (χ0v) is 12.1. The molecular formula is C14H17N5S. The van der Waals surface area contributed by atoms with Crippen LogP contribution in [0.2, 0.25) is 0 Å². The summed E-state index contributed by atoms with van der Waals surface area (Å²) in [4.78, 5) is 7.91. The van der Waals surface area contributed by atoms with Gasteiger partial charge in [0.25, 0.3) is 0 Å². The van der Waals surface area contributed by atoms with Crippen LogP contribution in [0.4, 0.5) is 5.82 Å². The summed E-state index contributed by atoms with van der Waals surface area (Å²) in [6.07, 6.45) is 1.16. The van der Waals surface area contributed by atoms with E-state index in [0.717, 1.165) is 46.0 Å². The molecular weight excluding hydrogens is 270 g/mol. The molecule has 0 aliphatic rings. The molecule has 0 aliphatic heterocycles. The monoisotopic (exact) mass is 287 g/mol. The van der Waals surface area contributed by atoms with Crippen molar-refractivity contribution < 1.29 is 0 Å². The number of aromatic nitrogens is 4. The van der Waals surface area contributed by atoms with Crippen LogP contribution in [0, 0.1) is 0 Å². The van der Waals surface area contributed by atoms with E-state index in [4.69, 9.17) is 5.73 Å². The topological polar surface area (TPSA) is 83.4 Å². The number of fused-ring (bicyclic) bond motifs is 1. The molecule has 0 saturated heterocycles. The lowest BCUT2D eigenvalue weighted by molar-refractivity contribution is 1.04. The predicted molar refractivity (Wildman–Crippen MR) is 84.5 cm³/mol. The maximum absolute atomic E-state index is 5.99. The van der Waals surface area contributed by atoms with E-state index in [-0.39, 0.29) is 0 Å². The predicted octanol–water partition coefficient (Wildman–Crippen LogP) is 3.18. The highest BCUT2D eigenvalue weighted by molar-refractivity contribution is 7.98. The minimum atomic E-state index is 0.496. The van der Waals surface area contributed by atoms with Crippen LogP contribution in [0.1, 0.15) is 19.0 Å². The van der Waals surface area contributed by atoms with Crippen LogP contribution in [0.5, 0.6) is 0 Å². The molecule has 0 bridgehead atoms. The van der Waals surface area contributed by atoms with E-state index in [1.807, 2.05) is 36.0 Å². The highest BCUT2D eigenvalue weighted by atomic mass is 32.2. The summed E-state index contributed by atoms with van der Waals surface area (Å²) in [6.45, 7) is 2.18. The fraction of sp³-hybridized carbons (Fsp3) is 0.286. The number of anilines is 1. The molecule has 104 valence electrons. The van der Waals surface area contributed by atoms with Gasteiger partial charge in [0.15, 0.2) is 5.82 Å². The Morgan fingerprint density at radius 2 is 2.15 bits per heavy atom. The van der Waals surface area contributed by atoms with Gasteiger partial charge in [0.2, 0.25) is 0 Å². The van der Waals surface area contributed by atoms with Crippen molar-refractivity contribution in [2.45, 2.75) is 19.1 Å². The summed E-state index contributed by atoms with van der Waals surface area (Å²) in [5.41, 5.74) is 9.86. The van der Waals surface area contributed by atoms with Gasteiger partial charge in [-0.3, -0.25) is 5.10 Å². The van der Waals surface area contributed by atoms with Crippen molar-refractivity contribution in [2.75, 3.05) is 11.5 Å². The zero-order valence-electron chi connectivity index (χ0n) is 11.3. The molecule has 0 amide bonds. The molecule has 0 spiro atoms. The van der Waals surface area contributed by atoms with E-state index < -0.39 is 0 Å². The van der Waals surface area contributed by atoms with Crippen LogP contribution in [-0.2, 0) is 5.75 Å². The van der Waals surface area contributed by atoms with Crippen LogP contribution in [0.3, 0.4) is 0 Å². The number of thioether (sulfide) groups is 1. The number of hydrogen-bond donors (Lipinski definition) is 3. The molecule has 0 radical (unpaired) electrons. The van der Waals surface area contributed by atoms with Gasteiger partial charge in [0.05, 0.1) is 22.3 Å². The fourth-order valence-corrected chi connectivity index (χ4v) is 3.00. The molecule has 2 aromatic heterocycles. The van der Waals surface area contributed by atoms with Crippen LogP contribution >= 0.6 is 11.8 Å². The van der Waals surface area contributed by atoms with E-state index in [1.54, 1.807) is 0 Å². The number of benzene rings is 1. The smallest absolute Gasteiger partial charge is 0.156 e. The molecule has 0 saturated carbocycles. The molecule has 0 fully saturated rings. The average Bonchev–Trinajstić information content (AvgIpc) is 3.02. The van der Waals surface area contributed by atoms with Gasteiger partial charge in [-0.25, -0.2) is 4.98 Å². The number of aromatic amines is 2. The Morgan fingerprint density at radius 1 is 1.30 bits per heavy atom.